The van der Waals surface area contributed by atoms with Gasteiger partial charge in [0, 0.05) is 30.6 Å². The molecule has 1 aromatic heterocycles. The Morgan fingerprint density at radius 1 is 1.37 bits per heavy atom. The number of aromatic nitrogens is 2. The number of benzene rings is 1. The highest BCUT2D eigenvalue weighted by molar-refractivity contribution is 5.50. The van der Waals surface area contributed by atoms with Gasteiger partial charge in [-0.3, -0.25) is 0 Å². The molecular formula is C15H19N3O. The van der Waals surface area contributed by atoms with Crippen LogP contribution in [0.15, 0.2) is 36.8 Å². The molecule has 0 amide bonds. The number of anilines is 1. The fraction of sp³-hybridized carbons (Fsp3) is 0.400. The zero-order valence-corrected chi connectivity index (χ0v) is 11.2. The second-order valence-corrected chi connectivity index (χ2v) is 4.97. The summed E-state index contributed by atoms with van der Waals surface area (Å²) in [6.07, 6.45) is 6.45. The van der Waals surface area contributed by atoms with Crippen molar-refractivity contribution in [1.82, 2.24) is 9.55 Å². The summed E-state index contributed by atoms with van der Waals surface area (Å²) in [4.78, 5) is 4.25. The summed E-state index contributed by atoms with van der Waals surface area (Å²) in [6.45, 7) is 1.43. The Morgan fingerprint density at radius 2 is 2.21 bits per heavy atom. The third-order valence-electron chi connectivity index (χ3n) is 3.46. The highest BCUT2D eigenvalue weighted by Crippen LogP contribution is 2.35. The molecule has 0 spiro atoms. The monoisotopic (exact) mass is 257 g/mol. The SMILES string of the molecule is COCc1ccccc1NCc1cncn1C1CC1. The van der Waals surface area contributed by atoms with E-state index in [-0.39, 0.29) is 0 Å². The Morgan fingerprint density at radius 3 is 3.00 bits per heavy atom. The second kappa shape index (κ2) is 5.45. The van der Waals surface area contributed by atoms with E-state index in [1.807, 2.05) is 24.7 Å². The lowest BCUT2D eigenvalue weighted by Gasteiger charge is -2.12. The lowest BCUT2D eigenvalue weighted by atomic mass is 10.2. The first-order chi connectivity index (χ1) is 9.38. The molecule has 0 radical (unpaired) electrons. The molecule has 1 fully saturated rings. The third-order valence-corrected chi connectivity index (χ3v) is 3.46. The number of hydrogen-bond donors (Lipinski definition) is 1. The normalized spacial score (nSPS) is 14.6. The summed E-state index contributed by atoms with van der Waals surface area (Å²) in [5.41, 5.74) is 3.56. The minimum Gasteiger partial charge on any atom is -0.380 e. The molecular weight excluding hydrogens is 238 g/mol. The number of nitrogens with one attached hydrogen (secondary N) is 1. The van der Waals surface area contributed by atoms with E-state index < -0.39 is 0 Å². The van der Waals surface area contributed by atoms with Crippen LogP contribution in [0, 0.1) is 0 Å². The maximum atomic E-state index is 5.22. The van der Waals surface area contributed by atoms with Gasteiger partial charge >= 0.3 is 0 Å². The minimum absolute atomic E-state index is 0.630. The van der Waals surface area contributed by atoms with E-state index in [1.165, 1.54) is 24.1 Å². The lowest BCUT2D eigenvalue weighted by Crippen LogP contribution is -2.07. The standard InChI is InChI=1S/C15H19N3O/c1-19-10-12-4-2-3-5-15(12)17-9-14-8-16-11-18(14)13-6-7-13/h2-5,8,11,13,17H,6-7,9-10H2,1H3. The Balaban J connectivity index is 1.70. The molecule has 1 aromatic carbocycles. The molecule has 0 atom stereocenters. The molecule has 0 saturated heterocycles. The van der Waals surface area contributed by atoms with Gasteiger partial charge in [-0.05, 0) is 18.9 Å². The molecule has 3 rings (SSSR count). The number of hydrogen-bond acceptors (Lipinski definition) is 3. The van der Waals surface area contributed by atoms with Gasteiger partial charge in [0.25, 0.3) is 0 Å². The van der Waals surface area contributed by atoms with Crippen molar-refractivity contribution < 1.29 is 4.74 Å². The summed E-state index contributed by atoms with van der Waals surface area (Å²) in [6, 6.07) is 8.93. The number of nitrogens with zero attached hydrogens (tertiary/aromatic N) is 2. The molecule has 1 heterocycles. The fourth-order valence-corrected chi connectivity index (χ4v) is 2.31. The molecule has 4 heteroatoms. The molecule has 1 aliphatic carbocycles. The average molecular weight is 257 g/mol. The molecule has 100 valence electrons. The number of rotatable bonds is 6. The number of para-hydroxylation sites is 1. The van der Waals surface area contributed by atoms with Crippen LogP contribution < -0.4 is 5.32 Å². The predicted octanol–water partition coefficient (Wildman–Crippen LogP) is 2.98. The molecule has 1 saturated carbocycles. The van der Waals surface area contributed by atoms with Gasteiger partial charge in [-0.15, -0.1) is 0 Å². The van der Waals surface area contributed by atoms with Crippen molar-refractivity contribution in [3.8, 4) is 0 Å². The third kappa shape index (κ3) is 2.79. The van der Waals surface area contributed by atoms with Gasteiger partial charge in [-0.1, -0.05) is 18.2 Å². The van der Waals surface area contributed by atoms with Gasteiger partial charge in [0.1, 0.15) is 0 Å². The minimum atomic E-state index is 0.630. The van der Waals surface area contributed by atoms with Crippen LogP contribution in [-0.4, -0.2) is 16.7 Å². The Labute approximate surface area is 113 Å². The zero-order chi connectivity index (χ0) is 13.1. The summed E-state index contributed by atoms with van der Waals surface area (Å²) >= 11 is 0. The topological polar surface area (TPSA) is 39.1 Å². The van der Waals surface area contributed by atoms with E-state index in [0.717, 1.165) is 12.2 Å². The van der Waals surface area contributed by atoms with Crippen LogP contribution in [-0.2, 0) is 17.9 Å². The number of methoxy groups -OCH3 is 1. The molecule has 19 heavy (non-hydrogen) atoms. The van der Waals surface area contributed by atoms with Gasteiger partial charge in [0.2, 0.25) is 0 Å². The maximum Gasteiger partial charge on any atom is 0.0951 e. The van der Waals surface area contributed by atoms with Gasteiger partial charge in [-0.2, -0.15) is 0 Å². The van der Waals surface area contributed by atoms with Crippen molar-refractivity contribution in [2.45, 2.75) is 32.0 Å². The number of imidazole rings is 1. The van der Waals surface area contributed by atoms with Crippen LogP contribution in [0.3, 0.4) is 0 Å². The van der Waals surface area contributed by atoms with Crippen LogP contribution in [0.2, 0.25) is 0 Å². The first-order valence-electron chi connectivity index (χ1n) is 6.70. The summed E-state index contributed by atoms with van der Waals surface area (Å²) in [5, 5.41) is 3.48. The van der Waals surface area contributed by atoms with Crippen molar-refractivity contribution in [3.05, 3.63) is 48.0 Å². The Bertz CT molecular complexity index is 546. The maximum absolute atomic E-state index is 5.22. The van der Waals surface area contributed by atoms with Gasteiger partial charge in [-0.25, -0.2) is 4.98 Å². The molecule has 0 bridgehead atoms. The van der Waals surface area contributed by atoms with Gasteiger partial charge < -0.3 is 14.6 Å². The molecule has 1 aliphatic rings. The van der Waals surface area contributed by atoms with Crippen molar-refractivity contribution in [2.75, 3.05) is 12.4 Å². The van der Waals surface area contributed by atoms with Gasteiger partial charge in [0.05, 0.1) is 25.2 Å². The van der Waals surface area contributed by atoms with E-state index in [2.05, 4.69) is 27.0 Å². The molecule has 4 nitrogen and oxygen atoms in total. The fourth-order valence-electron chi connectivity index (χ4n) is 2.31. The van der Waals surface area contributed by atoms with Crippen molar-refractivity contribution in [1.29, 1.82) is 0 Å². The van der Waals surface area contributed by atoms with Crippen molar-refractivity contribution >= 4 is 5.69 Å². The summed E-state index contributed by atoms with van der Waals surface area (Å²) in [7, 11) is 1.72. The molecule has 1 N–H and O–H groups in total. The number of ether oxygens (including phenoxy) is 1. The van der Waals surface area contributed by atoms with E-state index in [4.69, 9.17) is 4.74 Å². The first kappa shape index (κ1) is 12.2. The molecule has 0 aliphatic heterocycles. The Kier molecular flexibility index (Phi) is 3.51. The molecule has 0 unspecified atom stereocenters. The van der Waals surface area contributed by atoms with E-state index >= 15 is 0 Å². The van der Waals surface area contributed by atoms with Crippen molar-refractivity contribution in [2.24, 2.45) is 0 Å². The Hall–Kier alpha value is -1.81. The smallest absolute Gasteiger partial charge is 0.0951 e. The van der Waals surface area contributed by atoms with Crippen LogP contribution in [0.25, 0.3) is 0 Å². The summed E-state index contributed by atoms with van der Waals surface area (Å²) < 4.78 is 7.50. The van der Waals surface area contributed by atoms with Crippen LogP contribution >= 0.6 is 0 Å². The largest absolute Gasteiger partial charge is 0.380 e. The first-order valence-corrected chi connectivity index (χ1v) is 6.70. The van der Waals surface area contributed by atoms with Crippen LogP contribution in [0.1, 0.15) is 30.1 Å². The zero-order valence-electron chi connectivity index (χ0n) is 11.2. The quantitative estimate of drug-likeness (QED) is 0.864. The van der Waals surface area contributed by atoms with Crippen molar-refractivity contribution in [3.63, 3.8) is 0 Å². The molecule has 2 aromatic rings. The summed E-state index contributed by atoms with van der Waals surface area (Å²) in [5.74, 6) is 0. The van der Waals surface area contributed by atoms with Crippen LogP contribution in [0.4, 0.5) is 5.69 Å². The van der Waals surface area contributed by atoms with Gasteiger partial charge in [0.15, 0.2) is 0 Å². The van der Waals surface area contributed by atoms with E-state index in [0.29, 0.717) is 12.6 Å². The van der Waals surface area contributed by atoms with E-state index in [9.17, 15) is 0 Å². The lowest BCUT2D eigenvalue weighted by molar-refractivity contribution is 0.185. The highest BCUT2D eigenvalue weighted by atomic mass is 16.5. The average Bonchev–Trinajstić information content (AvgIpc) is 3.17. The second-order valence-electron chi connectivity index (χ2n) is 4.97. The predicted molar refractivity (Wildman–Crippen MR) is 75.0 cm³/mol. The highest BCUT2D eigenvalue weighted by Gasteiger charge is 2.24. The van der Waals surface area contributed by atoms with E-state index in [1.54, 1.807) is 7.11 Å². The van der Waals surface area contributed by atoms with Crippen LogP contribution in [0.5, 0.6) is 0 Å².